The number of hydrogen-bond donors (Lipinski definition) is 1. The summed E-state index contributed by atoms with van der Waals surface area (Å²) in [5.74, 6) is -4.67. The fraction of sp³-hybridized carbons (Fsp3) is 0.308. The normalized spacial score (nSPS) is 13.7. The van der Waals surface area contributed by atoms with Gasteiger partial charge in [-0.2, -0.15) is 0 Å². The Morgan fingerprint density at radius 1 is 1.25 bits per heavy atom. The molecule has 0 aliphatic carbocycles. The van der Waals surface area contributed by atoms with Gasteiger partial charge >= 0.3 is 0 Å². The van der Waals surface area contributed by atoms with Crippen molar-refractivity contribution in [1.29, 1.82) is 0 Å². The zero-order chi connectivity index (χ0) is 14.9. The third kappa shape index (κ3) is 2.26. The van der Waals surface area contributed by atoms with Crippen molar-refractivity contribution in [3.63, 3.8) is 0 Å². The number of hydrogen-bond acceptors (Lipinski definition) is 3. The Kier molecular flexibility index (Phi) is 3.78. The van der Waals surface area contributed by atoms with Gasteiger partial charge in [-0.1, -0.05) is 6.92 Å². The highest BCUT2D eigenvalue weighted by Crippen LogP contribution is 2.33. The molecule has 1 aromatic rings. The molecule has 1 aliphatic rings. The average Bonchev–Trinajstić information content (AvgIpc) is 2.67. The number of ketones is 1. The number of anilines is 1. The third-order valence-electron chi connectivity index (χ3n) is 2.89. The van der Waals surface area contributed by atoms with Crippen LogP contribution >= 0.6 is 0 Å². The maximum absolute atomic E-state index is 13.7. The summed E-state index contributed by atoms with van der Waals surface area (Å²) in [6.45, 7) is 1.72. The summed E-state index contributed by atoms with van der Waals surface area (Å²) in [5.41, 5.74) is -1.08. The molecule has 0 atom stereocenters. The monoisotopic (exact) mass is 282 g/mol. The van der Waals surface area contributed by atoms with Crippen molar-refractivity contribution >= 4 is 23.3 Å². The van der Waals surface area contributed by atoms with Gasteiger partial charge in [-0.15, -0.1) is 0 Å². The zero-order valence-corrected chi connectivity index (χ0v) is 10.7. The van der Waals surface area contributed by atoms with Crippen molar-refractivity contribution in [3.8, 4) is 0 Å². The van der Waals surface area contributed by atoms with E-state index in [0.29, 0.717) is 17.9 Å². The molecule has 0 saturated carbocycles. The van der Waals surface area contributed by atoms with Crippen molar-refractivity contribution in [1.82, 2.24) is 5.32 Å². The lowest BCUT2D eigenvalue weighted by Crippen LogP contribution is -2.40. The van der Waals surface area contributed by atoms with Gasteiger partial charge in [0.25, 0.3) is 11.7 Å². The molecular formula is C13H12F2N2O3. The van der Waals surface area contributed by atoms with Crippen LogP contribution in [0.4, 0.5) is 14.5 Å². The van der Waals surface area contributed by atoms with E-state index in [1.165, 1.54) is 0 Å². The Morgan fingerprint density at radius 2 is 1.90 bits per heavy atom. The first kappa shape index (κ1) is 14.1. The Hall–Kier alpha value is -2.31. The van der Waals surface area contributed by atoms with Gasteiger partial charge in [-0.25, -0.2) is 8.78 Å². The zero-order valence-electron chi connectivity index (χ0n) is 10.7. The average molecular weight is 282 g/mol. The molecule has 0 fully saturated rings. The number of amides is 2. The molecule has 1 heterocycles. The number of Topliss-reactive ketones (excluding diaryl/α,β-unsaturated/α-hetero) is 1. The number of carbonyl (C=O) groups is 3. The van der Waals surface area contributed by atoms with Crippen LogP contribution in [0.3, 0.4) is 0 Å². The van der Waals surface area contributed by atoms with Crippen LogP contribution in [0.15, 0.2) is 12.1 Å². The Morgan fingerprint density at radius 3 is 2.55 bits per heavy atom. The maximum atomic E-state index is 13.7. The molecule has 5 nitrogen and oxygen atoms in total. The standard InChI is InChI=1S/C13H12F2N2O3/c1-2-5-16-9(18)6-17-11-8(15)4-3-7(14)10(11)12(19)13(17)20/h3-4H,2,5-6H2,1H3,(H,16,18). The second-order valence-electron chi connectivity index (χ2n) is 4.32. The number of benzene rings is 1. The molecule has 1 aliphatic heterocycles. The SMILES string of the molecule is CCCNC(=O)CN1C(=O)C(=O)c2c(F)ccc(F)c21. The molecule has 20 heavy (non-hydrogen) atoms. The highest BCUT2D eigenvalue weighted by atomic mass is 19.1. The molecule has 7 heteroatoms. The summed E-state index contributed by atoms with van der Waals surface area (Å²) in [4.78, 5) is 35.6. The van der Waals surface area contributed by atoms with Gasteiger partial charge in [0, 0.05) is 6.54 Å². The van der Waals surface area contributed by atoms with E-state index in [9.17, 15) is 23.2 Å². The molecule has 106 valence electrons. The van der Waals surface area contributed by atoms with Gasteiger partial charge in [0.1, 0.15) is 18.2 Å². The Labute approximate surface area is 113 Å². The van der Waals surface area contributed by atoms with Crippen molar-refractivity contribution in [3.05, 3.63) is 29.3 Å². The number of nitrogens with zero attached hydrogens (tertiary/aromatic N) is 1. The van der Waals surface area contributed by atoms with Crippen LogP contribution in [0.2, 0.25) is 0 Å². The van der Waals surface area contributed by atoms with Crippen molar-refractivity contribution in [2.75, 3.05) is 18.0 Å². The summed E-state index contributed by atoms with van der Waals surface area (Å²) in [7, 11) is 0. The summed E-state index contributed by atoms with van der Waals surface area (Å²) < 4.78 is 27.3. The first-order chi connectivity index (χ1) is 9.47. The molecule has 0 radical (unpaired) electrons. The van der Waals surface area contributed by atoms with Crippen LogP contribution in [0, 0.1) is 11.6 Å². The van der Waals surface area contributed by atoms with E-state index in [-0.39, 0.29) is 0 Å². The molecule has 0 saturated heterocycles. The lowest BCUT2D eigenvalue weighted by Gasteiger charge is -2.16. The van der Waals surface area contributed by atoms with Gasteiger partial charge in [0.2, 0.25) is 5.91 Å². The smallest absolute Gasteiger partial charge is 0.300 e. The van der Waals surface area contributed by atoms with Crippen LogP contribution in [0.25, 0.3) is 0 Å². The molecule has 0 spiro atoms. The minimum absolute atomic E-state index is 0.396. The summed E-state index contributed by atoms with van der Waals surface area (Å²) in [5, 5.41) is 2.50. The van der Waals surface area contributed by atoms with E-state index in [0.717, 1.165) is 12.1 Å². The summed E-state index contributed by atoms with van der Waals surface area (Å²) >= 11 is 0. The topological polar surface area (TPSA) is 66.5 Å². The van der Waals surface area contributed by atoms with Gasteiger partial charge < -0.3 is 5.32 Å². The van der Waals surface area contributed by atoms with Crippen LogP contribution in [0.1, 0.15) is 23.7 Å². The first-order valence-electron chi connectivity index (χ1n) is 6.08. The predicted molar refractivity (Wildman–Crippen MR) is 66.3 cm³/mol. The quantitative estimate of drug-likeness (QED) is 0.838. The molecule has 1 N–H and O–H groups in total. The van der Waals surface area contributed by atoms with E-state index >= 15 is 0 Å². The molecular weight excluding hydrogens is 270 g/mol. The lowest BCUT2D eigenvalue weighted by atomic mass is 10.1. The van der Waals surface area contributed by atoms with E-state index in [4.69, 9.17) is 0 Å². The Balaban J connectivity index is 2.34. The van der Waals surface area contributed by atoms with E-state index in [1.54, 1.807) is 0 Å². The van der Waals surface area contributed by atoms with Crippen LogP contribution in [-0.4, -0.2) is 30.7 Å². The minimum Gasteiger partial charge on any atom is -0.355 e. The number of carbonyl (C=O) groups excluding carboxylic acids is 3. The molecule has 0 aromatic heterocycles. The van der Waals surface area contributed by atoms with Gasteiger partial charge in [-0.05, 0) is 18.6 Å². The summed E-state index contributed by atoms with van der Waals surface area (Å²) in [6.07, 6.45) is 0.693. The molecule has 2 amide bonds. The molecule has 2 rings (SSSR count). The van der Waals surface area contributed by atoms with Gasteiger partial charge in [0.05, 0.1) is 11.3 Å². The Bertz CT molecular complexity index is 602. The minimum atomic E-state index is -1.14. The number of nitrogens with one attached hydrogen (secondary N) is 1. The van der Waals surface area contributed by atoms with Crippen LogP contribution < -0.4 is 10.2 Å². The van der Waals surface area contributed by atoms with Gasteiger partial charge in [-0.3, -0.25) is 19.3 Å². The van der Waals surface area contributed by atoms with Crippen molar-refractivity contribution < 1.29 is 23.2 Å². The van der Waals surface area contributed by atoms with Crippen molar-refractivity contribution in [2.45, 2.75) is 13.3 Å². The molecule has 1 aromatic carbocycles. The van der Waals surface area contributed by atoms with Crippen LogP contribution in [-0.2, 0) is 9.59 Å². The first-order valence-corrected chi connectivity index (χ1v) is 6.08. The highest BCUT2D eigenvalue weighted by Gasteiger charge is 2.41. The van der Waals surface area contributed by atoms with Gasteiger partial charge in [0.15, 0.2) is 0 Å². The highest BCUT2D eigenvalue weighted by molar-refractivity contribution is 6.52. The molecule has 0 unspecified atom stereocenters. The number of halogens is 2. The van der Waals surface area contributed by atoms with E-state index in [1.807, 2.05) is 6.92 Å². The maximum Gasteiger partial charge on any atom is 0.300 e. The largest absolute Gasteiger partial charge is 0.355 e. The fourth-order valence-corrected chi connectivity index (χ4v) is 1.97. The number of rotatable bonds is 4. The third-order valence-corrected chi connectivity index (χ3v) is 2.89. The lowest BCUT2D eigenvalue weighted by molar-refractivity contribution is -0.122. The van der Waals surface area contributed by atoms with Crippen molar-refractivity contribution in [2.24, 2.45) is 0 Å². The second-order valence-corrected chi connectivity index (χ2v) is 4.32. The summed E-state index contributed by atoms with van der Waals surface area (Å²) in [6, 6.07) is 1.59. The van der Waals surface area contributed by atoms with E-state index < -0.39 is 47.0 Å². The molecule has 0 bridgehead atoms. The predicted octanol–water partition coefficient (Wildman–Crippen LogP) is 1.02. The van der Waals surface area contributed by atoms with E-state index in [2.05, 4.69) is 5.32 Å². The number of fused-ring (bicyclic) bond motifs is 1. The second kappa shape index (κ2) is 5.36. The fourth-order valence-electron chi connectivity index (χ4n) is 1.97. The van der Waals surface area contributed by atoms with Crippen LogP contribution in [0.5, 0.6) is 0 Å².